The van der Waals surface area contributed by atoms with Crippen LogP contribution in [-0.2, 0) is 14.9 Å². The van der Waals surface area contributed by atoms with E-state index in [1.165, 1.54) is 96.3 Å². The smallest absolute Gasteiger partial charge is 0.481 e. The zero-order valence-corrected chi connectivity index (χ0v) is 56.1. The first-order chi connectivity index (χ1) is 43.5. The zero-order chi connectivity index (χ0) is 61.3. The number of ketones is 1. The standard InChI is InChI=1S/C35H19BrO.C22H13BrO.C13H7BrO.C4H8O.C4H9.C2H4O2.ClH.Li/c36-21-15-16-23-22-9-1-3-12-27(22)35(30(23)19-21)28-13-6-8-20-7-5-11-26(32(20)28)33-29(35)18-17-25-24-10-2-4-14-31(24)37-34(25)33;23-19-12-4-7-14-6-3-9-16(21(14)19)18-11-5-10-17-15-8-1-2-13-20(15)24-22(17)18;14-8-5-6-10-9-3-1-2-4-11(9)13(15)12(10)7-8;1-2-4-5-3-1;1-3-4-2;1-2(3)4;;/h1-19H;1-13H;1-7H;1-4H2;1,3-4H2,2H3;1H3,(H,3,4);1H;/q;;;;-1;;;+1. The maximum Gasteiger partial charge on any atom is 1.00 e. The van der Waals surface area contributed by atoms with Crippen molar-refractivity contribution in [1.82, 2.24) is 0 Å². The number of carbonyl (C=O) groups excluding carboxylic acids is 1. The second-order valence-electron chi connectivity index (χ2n) is 22.3. The number of carboxylic acid groups (broad SMARTS) is 1. The summed E-state index contributed by atoms with van der Waals surface area (Å²) in [7, 11) is 0. The summed E-state index contributed by atoms with van der Waals surface area (Å²) >= 11 is 10.9. The van der Waals surface area contributed by atoms with Gasteiger partial charge in [-0.1, -0.05) is 255 Å². The van der Waals surface area contributed by atoms with Crippen molar-refractivity contribution in [2.45, 2.75) is 44.9 Å². The van der Waals surface area contributed by atoms with Crippen LogP contribution in [0.5, 0.6) is 0 Å². The van der Waals surface area contributed by atoms with Gasteiger partial charge in [-0.15, -0.1) is 12.4 Å². The summed E-state index contributed by atoms with van der Waals surface area (Å²) in [6.07, 6.45) is 4.83. The number of benzene rings is 12. The average Bonchev–Trinajstić information content (AvgIpc) is 1.60. The van der Waals surface area contributed by atoms with Crippen molar-refractivity contribution in [3.05, 3.63) is 290 Å². The molecule has 14 aromatic rings. The number of unbranched alkanes of at least 4 members (excludes halogenated alkanes) is 1. The Morgan fingerprint density at radius 1 is 0.473 bits per heavy atom. The minimum atomic E-state index is -0.833. The Labute approximate surface area is 572 Å². The Bertz CT molecular complexity index is 5040. The predicted octanol–water partition coefficient (Wildman–Crippen LogP) is 20.6. The molecule has 12 aromatic carbocycles. The summed E-state index contributed by atoms with van der Waals surface area (Å²) in [5.74, 6) is -0.707. The van der Waals surface area contributed by atoms with E-state index in [-0.39, 0.29) is 37.1 Å². The molecule has 2 aromatic heterocycles. The SMILES string of the molecule is Brc1ccc2c(c1)C1(c3ccccc3-2)c2ccc3c(oc4ccccc43)c2-c2cccc3cccc1c23.Brc1cccc2cccc(-c3cccc4c3oc3ccccc34)c12.C1CCOC1.CC(=O)O.Cl.O=C1c2ccccc2-c2ccc(Br)cc21.[CH2-]CCC.[Li+]. The van der Waals surface area contributed by atoms with Gasteiger partial charge in [-0.2, -0.15) is 6.42 Å². The Balaban J connectivity index is 0.000000135. The van der Waals surface area contributed by atoms with E-state index in [1.54, 1.807) is 0 Å². The molecule has 6 nitrogen and oxygen atoms in total. The van der Waals surface area contributed by atoms with Crippen LogP contribution in [-0.4, -0.2) is 30.1 Å². The molecule has 3 aliphatic carbocycles. The molecule has 1 spiro atoms. The molecule has 1 fully saturated rings. The Morgan fingerprint density at radius 3 is 1.60 bits per heavy atom. The third-order valence-electron chi connectivity index (χ3n) is 17.0. The topological polar surface area (TPSA) is 89.9 Å². The van der Waals surface area contributed by atoms with Crippen LogP contribution in [0.2, 0.25) is 0 Å². The molecule has 11 heteroatoms. The molecular formula is C80H61Br3ClLiO6. The fourth-order valence-corrected chi connectivity index (χ4v) is 14.5. The van der Waals surface area contributed by atoms with E-state index < -0.39 is 11.4 Å². The maximum atomic E-state index is 12.0. The van der Waals surface area contributed by atoms with Crippen molar-refractivity contribution >= 4 is 137 Å². The van der Waals surface area contributed by atoms with Gasteiger partial charge in [0.15, 0.2) is 5.78 Å². The molecule has 0 radical (unpaired) electrons. The van der Waals surface area contributed by atoms with Gasteiger partial charge in [0.25, 0.3) is 5.97 Å². The number of hydrogen-bond donors (Lipinski definition) is 1. The van der Waals surface area contributed by atoms with Crippen molar-refractivity contribution in [2.75, 3.05) is 13.2 Å². The summed E-state index contributed by atoms with van der Waals surface area (Å²) in [6.45, 7) is 8.81. The van der Waals surface area contributed by atoms with Crippen LogP contribution in [0.4, 0.5) is 0 Å². The Morgan fingerprint density at radius 2 is 0.945 bits per heavy atom. The van der Waals surface area contributed by atoms with Crippen LogP contribution in [0.3, 0.4) is 0 Å². The van der Waals surface area contributed by atoms with E-state index in [0.717, 1.165) is 106 Å². The number of aliphatic carboxylic acids is 1. The first-order valence-corrected chi connectivity index (χ1v) is 32.3. The molecule has 91 heavy (non-hydrogen) atoms. The first kappa shape index (κ1) is 64.7. The first-order valence-electron chi connectivity index (χ1n) is 30.0. The van der Waals surface area contributed by atoms with E-state index in [0.29, 0.717) is 0 Å². The summed E-state index contributed by atoms with van der Waals surface area (Å²) in [6, 6.07) is 83.1. The summed E-state index contributed by atoms with van der Waals surface area (Å²) < 4.78 is 21.0. The van der Waals surface area contributed by atoms with Gasteiger partial charge in [0.1, 0.15) is 22.3 Å². The average molecular weight is 1400 g/mol. The second kappa shape index (κ2) is 28.0. The quantitative estimate of drug-likeness (QED) is 0.137. The number of carboxylic acids is 1. The van der Waals surface area contributed by atoms with Crippen molar-refractivity contribution in [3.8, 4) is 44.5 Å². The molecule has 4 aliphatic rings. The molecule has 0 saturated carbocycles. The van der Waals surface area contributed by atoms with E-state index in [9.17, 15) is 4.79 Å². The maximum absolute atomic E-state index is 12.0. The Hall–Kier alpha value is -7.81. The van der Waals surface area contributed by atoms with Crippen LogP contribution >= 0.6 is 60.2 Å². The minimum absolute atomic E-state index is 0. The molecule has 0 amide bonds. The third-order valence-corrected chi connectivity index (χ3v) is 18.6. The largest absolute Gasteiger partial charge is 1.00 e. The molecule has 446 valence electrons. The molecule has 3 heterocycles. The van der Waals surface area contributed by atoms with Crippen molar-refractivity contribution < 1.29 is 47.1 Å². The van der Waals surface area contributed by atoms with Crippen LogP contribution in [0.1, 0.15) is 77.7 Å². The Kier molecular flexibility index (Phi) is 19.9. The predicted molar refractivity (Wildman–Crippen MR) is 383 cm³/mol. The van der Waals surface area contributed by atoms with Gasteiger partial charge < -0.3 is 25.6 Å². The number of furan rings is 2. The van der Waals surface area contributed by atoms with Gasteiger partial charge in [-0.25, -0.2) is 0 Å². The molecular weight excluding hydrogens is 1340 g/mol. The van der Waals surface area contributed by atoms with E-state index >= 15 is 0 Å². The van der Waals surface area contributed by atoms with Gasteiger partial charge in [0, 0.05) is 82.7 Å². The van der Waals surface area contributed by atoms with Gasteiger partial charge in [-0.05, 0) is 127 Å². The monoisotopic (exact) mass is 1400 g/mol. The second-order valence-corrected chi connectivity index (χ2v) is 25.0. The molecule has 1 unspecified atom stereocenters. The number of rotatable bonds is 2. The molecule has 1 atom stereocenters. The van der Waals surface area contributed by atoms with Crippen molar-refractivity contribution in [1.29, 1.82) is 0 Å². The zero-order valence-electron chi connectivity index (χ0n) is 50.5. The van der Waals surface area contributed by atoms with E-state index in [2.05, 4.69) is 244 Å². The van der Waals surface area contributed by atoms with Gasteiger partial charge in [0.2, 0.25) is 0 Å². The van der Waals surface area contributed by atoms with Gasteiger partial charge in [-0.3, -0.25) is 9.59 Å². The van der Waals surface area contributed by atoms with Crippen LogP contribution < -0.4 is 18.9 Å². The van der Waals surface area contributed by atoms with Crippen molar-refractivity contribution in [2.24, 2.45) is 0 Å². The molecule has 18 rings (SSSR count). The molecule has 1 saturated heterocycles. The van der Waals surface area contributed by atoms with E-state index in [4.69, 9.17) is 23.5 Å². The number of hydrogen-bond acceptors (Lipinski definition) is 5. The van der Waals surface area contributed by atoms with Gasteiger partial charge in [0.05, 0.1) is 5.41 Å². The number of ether oxygens (including phenoxy) is 1. The van der Waals surface area contributed by atoms with Crippen LogP contribution in [0.15, 0.2) is 259 Å². The summed E-state index contributed by atoms with van der Waals surface area (Å²) in [4.78, 5) is 21.0. The number of halogens is 4. The van der Waals surface area contributed by atoms with Gasteiger partial charge >= 0.3 is 18.9 Å². The van der Waals surface area contributed by atoms with Crippen molar-refractivity contribution in [3.63, 3.8) is 0 Å². The van der Waals surface area contributed by atoms with Crippen LogP contribution in [0, 0.1) is 6.92 Å². The fraction of sp³-hybridized carbons (Fsp3) is 0.113. The number of fused-ring (bicyclic) bond motifs is 20. The number of para-hydroxylation sites is 3. The molecule has 0 bridgehead atoms. The third kappa shape index (κ3) is 11.8. The van der Waals surface area contributed by atoms with Crippen LogP contribution in [0.25, 0.3) is 110 Å². The summed E-state index contributed by atoms with van der Waals surface area (Å²) in [5, 5.41) is 17.1. The molecule has 1 aliphatic heterocycles. The molecule has 1 N–H and O–H groups in total. The minimum Gasteiger partial charge on any atom is -0.481 e. The van der Waals surface area contributed by atoms with E-state index in [1.807, 2.05) is 54.6 Å². The normalized spacial score (nSPS) is 13.9. The number of carbonyl (C=O) groups is 2. The fourth-order valence-electron chi connectivity index (χ4n) is 13.2. The summed E-state index contributed by atoms with van der Waals surface area (Å²) in [5.41, 5.74) is 19.7.